The fourth-order valence-corrected chi connectivity index (χ4v) is 3.11. The molecule has 0 radical (unpaired) electrons. The highest BCUT2D eigenvalue weighted by atomic mass is 16.5. The summed E-state index contributed by atoms with van der Waals surface area (Å²) in [5.74, 6) is 1.44. The Labute approximate surface area is 182 Å². The van der Waals surface area contributed by atoms with Crippen molar-refractivity contribution in [3.8, 4) is 17.2 Å². The largest absolute Gasteiger partial charge is 0.495 e. The molecule has 0 aliphatic rings. The van der Waals surface area contributed by atoms with Crippen molar-refractivity contribution >= 4 is 17.5 Å². The maximum atomic E-state index is 13.0. The molecule has 31 heavy (non-hydrogen) atoms. The molecule has 6 nitrogen and oxygen atoms in total. The number of benzene rings is 3. The first-order valence-corrected chi connectivity index (χ1v) is 10.2. The van der Waals surface area contributed by atoms with Crippen molar-refractivity contribution in [3.63, 3.8) is 0 Å². The molecule has 0 fully saturated rings. The molecule has 3 rings (SSSR count). The molecule has 0 saturated heterocycles. The van der Waals surface area contributed by atoms with Crippen LogP contribution < -0.4 is 14.8 Å². The van der Waals surface area contributed by atoms with Crippen molar-refractivity contribution in [1.29, 1.82) is 0 Å². The second-order valence-electron chi connectivity index (χ2n) is 6.91. The summed E-state index contributed by atoms with van der Waals surface area (Å²) >= 11 is 0. The molecule has 3 aromatic carbocycles. The van der Waals surface area contributed by atoms with Crippen LogP contribution in [0, 0.1) is 0 Å². The number of nitrogens with zero attached hydrogens (tertiary/aromatic N) is 1. The number of rotatable bonds is 9. The lowest BCUT2D eigenvalue weighted by Crippen LogP contribution is -2.38. The number of anilines is 1. The Morgan fingerprint density at radius 1 is 0.871 bits per heavy atom. The van der Waals surface area contributed by atoms with Gasteiger partial charge in [-0.15, -0.1) is 0 Å². The minimum Gasteiger partial charge on any atom is -0.495 e. The van der Waals surface area contributed by atoms with Gasteiger partial charge in [-0.2, -0.15) is 0 Å². The smallest absolute Gasteiger partial charge is 0.254 e. The highest BCUT2D eigenvalue weighted by Gasteiger charge is 2.19. The van der Waals surface area contributed by atoms with Crippen LogP contribution in [-0.4, -0.2) is 36.9 Å². The predicted molar refractivity (Wildman–Crippen MR) is 121 cm³/mol. The first kappa shape index (κ1) is 21.9. The zero-order valence-corrected chi connectivity index (χ0v) is 17.7. The summed E-state index contributed by atoms with van der Waals surface area (Å²) < 4.78 is 11.0. The van der Waals surface area contributed by atoms with Crippen molar-refractivity contribution in [2.45, 2.75) is 13.3 Å². The van der Waals surface area contributed by atoms with Gasteiger partial charge >= 0.3 is 0 Å². The quantitative estimate of drug-likeness (QED) is 0.532. The van der Waals surface area contributed by atoms with E-state index in [0.29, 0.717) is 29.3 Å². The zero-order valence-electron chi connectivity index (χ0n) is 17.7. The van der Waals surface area contributed by atoms with Crippen LogP contribution in [0.3, 0.4) is 0 Å². The number of methoxy groups -OCH3 is 1. The molecule has 0 atom stereocenters. The van der Waals surface area contributed by atoms with Crippen LogP contribution in [0.15, 0.2) is 78.9 Å². The Morgan fingerprint density at radius 3 is 2.19 bits per heavy atom. The van der Waals surface area contributed by atoms with Crippen LogP contribution >= 0.6 is 0 Å². The van der Waals surface area contributed by atoms with Crippen LogP contribution in [0.1, 0.15) is 23.7 Å². The Bertz CT molecular complexity index is 1000. The van der Waals surface area contributed by atoms with E-state index in [9.17, 15) is 9.59 Å². The first-order chi connectivity index (χ1) is 15.1. The first-order valence-electron chi connectivity index (χ1n) is 10.2. The van der Waals surface area contributed by atoms with Gasteiger partial charge in [0.2, 0.25) is 5.91 Å². The summed E-state index contributed by atoms with van der Waals surface area (Å²) in [7, 11) is 1.54. The fraction of sp³-hybridized carbons (Fsp3) is 0.200. The summed E-state index contributed by atoms with van der Waals surface area (Å²) in [6.07, 6.45) is 0.739. The molecular formula is C25H26N2O4. The molecule has 0 heterocycles. The third kappa shape index (κ3) is 6.09. The maximum Gasteiger partial charge on any atom is 0.254 e. The Hall–Kier alpha value is -3.80. The van der Waals surface area contributed by atoms with Crippen LogP contribution in [0.25, 0.3) is 0 Å². The summed E-state index contributed by atoms with van der Waals surface area (Å²) in [5.41, 5.74) is 1.07. The van der Waals surface area contributed by atoms with Crippen LogP contribution in [-0.2, 0) is 4.79 Å². The highest BCUT2D eigenvalue weighted by molar-refractivity contribution is 5.99. The molecule has 0 saturated carbocycles. The number of nitrogens with one attached hydrogen (secondary N) is 1. The predicted octanol–water partition coefficient (Wildman–Crippen LogP) is 4.98. The number of amides is 2. The zero-order chi connectivity index (χ0) is 22.1. The normalized spacial score (nSPS) is 10.3. The Balaban J connectivity index is 1.66. The lowest BCUT2D eigenvalue weighted by atomic mass is 10.2. The van der Waals surface area contributed by atoms with Crippen molar-refractivity contribution in [2.24, 2.45) is 0 Å². The molecule has 0 aliphatic carbocycles. The third-order valence-electron chi connectivity index (χ3n) is 4.58. The van der Waals surface area contributed by atoms with Gasteiger partial charge in [0.25, 0.3) is 5.91 Å². The van der Waals surface area contributed by atoms with Crippen LogP contribution in [0.4, 0.5) is 5.69 Å². The summed E-state index contributed by atoms with van der Waals surface area (Å²) in [6, 6.07) is 23.5. The third-order valence-corrected chi connectivity index (χ3v) is 4.58. The molecule has 3 aromatic rings. The lowest BCUT2D eigenvalue weighted by Gasteiger charge is -2.22. The van der Waals surface area contributed by atoms with Gasteiger partial charge < -0.3 is 19.7 Å². The SMILES string of the molecule is CCCN(CC(=O)Nc1ccccc1OC)C(=O)c1ccc(Oc2ccccc2)cc1. The number of hydrogen-bond acceptors (Lipinski definition) is 4. The van der Waals surface area contributed by atoms with E-state index in [2.05, 4.69) is 5.32 Å². The summed E-state index contributed by atoms with van der Waals surface area (Å²) in [6.45, 7) is 2.39. The molecule has 6 heteroatoms. The molecule has 0 aliphatic heterocycles. The maximum absolute atomic E-state index is 13.0. The average Bonchev–Trinajstić information content (AvgIpc) is 2.80. The molecule has 0 unspecified atom stereocenters. The van der Waals surface area contributed by atoms with Crippen molar-refractivity contribution < 1.29 is 19.1 Å². The van der Waals surface area contributed by atoms with Crippen LogP contribution in [0.5, 0.6) is 17.2 Å². The van der Waals surface area contributed by atoms with Crippen LogP contribution in [0.2, 0.25) is 0 Å². The van der Waals surface area contributed by atoms with E-state index in [1.807, 2.05) is 49.4 Å². The lowest BCUT2D eigenvalue weighted by molar-refractivity contribution is -0.116. The molecular weight excluding hydrogens is 392 g/mol. The summed E-state index contributed by atoms with van der Waals surface area (Å²) in [5, 5.41) is 2.82. The molecule has 0 bridgehead atoms. The molecule has 160 valence electrons. The van der Waals surface area contributed by atoms with E-state index in [-0.39, 0.29) is 18.4 Å². The molecule has 2 amide bonds. The van der Waals surface area contributed by atoms with Gasteiger partial charge in [-0.1, -0.05) is 37.3 Å². The standard InChI is InChI=1S/C25H26N2O4/c1-3-17-27(18-24(28)26-22-11-7-8-12-23(22)30-2)25(29)19-13-15-21(16-14-19)31-20-9-5-4-6-10-20/h4-16H,3,17-18H2,1-2H3,(H,26,28). The Kier molecular flexibility index (Phi) is 7.65. The molecule has 0 aromatic heterocycles. The van der Waals surface area contributed by atoms with E-state index >= 15 is 0 Å². The second-order valence-corrected chi connectivity index (χ2v) is 6.91. The Morgan fingerprint density at radius 2 is 1.52 bits per heavy atom. The molecule has 0 spiro atoms. The van der Waals surface area contributed by atoms with Gasteiger partial charge in [0.1, 0.15) is 23.8 Å². The van der Waals surface area contributed by atoms with E-state index in [4.69, 9.17) is 9.47 Å². The van der Waals surface area contributed by atoms with E-state index in [1.54, 1.807) is 43.5 Å². The van der Waals surface area contributed by atoms with Crippen molar-refractivity contribution in [2.75, 3.05) is 25.5 Å². The van der Waals surface area contributed by atoms with Gasteiger partial charge in [-0.3, -0.25) is 9.59 Å². The highest BCUT2D eigenvalue weighted by Crippen LogP contribution is 2.23. The van der Waals surface area contributed by atoms with E-state index in [1.165, 1.54) is 4.90 Å². The number of para-hydroxylation sites is 3. The van der Waals surface area contributed by atoms with E-state index < -0.39 is 0 Å². The number of carbonyl (C=O) groups excluding carboxylic acids is 2. The number of ether oxygens (including phenoxy) is 2. The average molecular weight is 418 g/mol. The van der Waals surface area contributed by atoms with Gasteiger partial charge in [-0.05, 0) is 55.0 Å². The fourth-order valence-electron chi connectivity index (χ4n) is 3.11. The van der Waals surface area contributed by atoms with Gasteiger partial charge in [0, 0.05) is 12.1 Å². The summed E-state index contributed by atoms with van der Waals surface area (Å²) in [4.78, 5) is 27.1. The van der Waals surface area contributed by atoms with Crippen molar-refractivity contribution in [3.05, 3.63) is 84.4 Å². The minimum atomic E-state index is -0.282. The topological polar surface area (TPSA) is 67.9 Å². The van der Waals surface area contributed by atoms with Gasteiger partial charge in [-0.25, -0.2) is 0 Å². The van der Waals surface area contributed by atoms with E-state index in [0.717, 1.165) is 12.2 Å². The van der Waals surface area contributed by atoms with Gasteiger partial charge in [0.15, 0.2) is 0 Å². The molecule has 1 N–H and O–H groups in total. The van der Waals surface area contributed by atoms with Crippen molar-refractivity contribution in [1.82, 2.24) is 4.90 Å². The van der Waals surface area contributed by atoms with Gasteiger partial charge in [0.05, 0.1) is 12.8 Å². The number of hydrogen-bond donors (Lipinski definition) is 1. The minimum absolute atomic E-state index is 0.0486. The monoisotopic (exact) mass is 418 g/mol. The second kappa shape index (κ2) is 10.8. The number of carbonyl (C=O) groups is 2.